The molecule has 0 unspecified atom stereocenters. The molecule has 0 aliphatic heterocycles. The van der Waals surface area contributed by atoms with Crippen LogP contribution in [0.1, 0.15) is 45.4 Å². The van der Waals surface area contributed by atoms with Crippen molar-refractivity contribution in [2.45, 2.75) is 51.0 Å². The van der Waals surface area contributed by atoms with Crippen LogP contribution in [0.4, 0.5) is 0 Å². The molecular formula is C10H19N. The molecule has 0 bridgehead atoms. The molecule has 2 aliphatic rings. The van der Waals surface area contributed by atoms with E-state index >= 15 is 0 Å². The molecule has 0 aromatic heterocycles. The zero-order valence-corrected chi connectivity index (χ0v) is 7.47. The summed E-state index contributed by atoms with van der Waals surface area (Å²) in [6.45, 7) is 2.26. The highest BCUT2D eigenvalue weighted by Crippen LogP contribution is 2.52. The van der Waals surface area contributed by atoms with Crippen LogP contribution in [0.3, 0.4) is 0 Å². The third kappa shape index (κ3) is 1.31. The van der Waals surface area contributed by atoms with Crippen LogP contribution < -0.4 is 5.73 Å². The van der Waals surface area contributed by atoms with E-state index in [1.807, 2.05) is 0 Å². The van der Waals surface area contributed by atoms with E-state index in [-0.39, 0.29) is 5.54 Å². The standard InChI is InChI=1S/C10H19N/c1-2-7-10(11,8-3-4-8)9-5-6-9/h8-9H,2-7,11H2,1H3. The maximum atomic E-state index is 6.42. The zero-order valence-electron chi connectivity index (χ0n) is 7.47. The highest BCUT2D eigenvalue weighted by atomic mass is 14.8. The fraction of sp³-hybridized carbons (Fsp3) is 1.00. The predicted molar refractivity (Wildman–Crippen MR) is 47.3 cm³/mol. The molecule has 2 rings (SSSR count). The summed E-state index contributed by atoms with van der Waals surface area (Å²) in [6.07, 6.45) is 8.17. The molecule has 0 atom stereocenters. The predicted octanol–water partition coefficient (Wildman–Crippen LogP) is 2.30. The summed E-state index contributed by atoms with van der Waals surface area (Å²) in [6, 6.07) is 0. The van der Waals surface area contributed by atoms with Gasteiger partial charge in [-0.2, -0.15) is 0 Å². The van der Waals surface area contributed by atoms with E-state index < -0.39 is 0 Å². The molecule has 0 amide bonds. The Bertz CT molecular complexity index is 133. The Kier molecular flexibility index (Phi) is 1.71. The minimum absolute atomic E-state index is 0.273. The van der Waals surface area contributed by atoms with Gasteiger partial charge in [0.05, 0.1) is 0 Å². The Morgan fingerprint density at radius 2 is 1.64 bits per heavy atom. The van der Waals surface area contributed by atoms with E-state index in [4.69, 9.17) is 5.73 Å². The van der Waals surface area contributed by atoms with Crippen molar-refractivity contribution < 1.29 is 0 Å². The summed E-state index contributed by atoms with van der Waals surface area (Å²) >= 11 is 0. The fourth-order valence-electron chi connectivity index (χ4n) is 2.42. The largest absolute Gasteiger partial charge is 0.325 e. The van der Waals surface area contributed by atoms with Crippen LogP contribution in [0.25, 0.3) is 0 Å². The molecule has 0 aromatic rings. The van der Waals surface area contributed by atoms with Crippen molar-refractivity contribution in [3.05, 3.63) is 0 Å². The molecule has 2 N–H and O–H groups in total. The van der Waals surface area contributed by atoms with Gasteiger partial charge in [0.2, 0.25) is 0 Å². The average Bonchev–Trinajstić information content (AvgIpc) is 2.84. The minimum Gasteiger partial charge on any atom is -0.325 e. The van der Waals surface area contributed by atoms with Gasteiger partial charge >= 0.3 is 0 Å². The normalized spacial score (nSPS) is 25.6. The molecular weight excluding hydrogens is 134 g/mol. The average molecular weight is 153 g/mol. The van der Waals surface area contributed by atoms with E-state index in [2.05, 4.69) is 6.92 Å². The summed E-state index contributed by atoms with van der Waals surface area (Å²) in [4.78, 5) is 0. The lowest BCUT2D eigenvalue weighted by Gasteiger charge is -2.29. The van der Waals surface area contributed by atoms with Crippen LogP contribution in [-0.4, -0.2) is 5.54 Å². The topological polar surface area (TPSA) is 26.0 Å². The second-order valence-electron chi connectivity index (χ2n) is 4.41. The molecule has 2 saturated carbocycles. The van der Waals surface area contributed by atoms with Crippen LogP contribution >= 0.6 is 0 Å². The third-order valence-electron chi connectivity index (χ3n) is 3.36. The van der Waals surface area contributed by atoms with Crippen molar-refractivity contribution >= 4 is 0 Å². The maximum absolute atomic E-state index is 6.42. The van der Waals surface area contributed by atoms with Gasteiger partial charge in [0.15, 0.2) is 0 Å². The van der Waals surface area contributed by atoms with Crippen molar-refractivity contribution in [2.24, 2.45) is 17.6 Å². The molecule has 2 fully saturated rings. The fourth-order valence-corrected chi connectivity index (χ4v) is 2.42. The molecule has 0 radical (unpaired) electrons. The molecule has 1 heteroatoms. The first-order valence-electron chi connectivity index (χ1n) is 5.06. The highest BCUT2D eigenvalue weighted by Gasteiger charge is 2.50. The first kappa shape index (κ1) is 7.60. The molecule has 1 nitrogen and oxygen atoms in total. The van der Waals surface area contributed by atoms with E-state index in [9.17, 15) is 0 Å². The van der Waals surface area contributed by atoms with Gasteiger partial charge < -0.3 is 5.73 Å². The van der Waals surface area contributed by atoms with Crippen molar-refractivity contribution in [2.75, 3.05) is 0 Å². The molecule has 0 saturated heterocycles. The van der Waals surface area contributed by atoms with Gasteiger partial charge in [-0.1, -0.05) is 13.3 Å². The number of hydrogen-bond donors (Lipinski definition) is 1. The second kappa shape index (κ2) is 2.48. The first-order chi connectivity index (χ1) is 5.27. The summed E-state index contributed by atoms with van der Waals surface area (Å²) in [5.41, 5.74) is 6.69. The van der Waals surface area contributed by atoms with Gasteiger partial charge in [0.25, 0.3) is 0 Å². The molecule has 2 aliphatic carbocycles. The Morgan fingerprint density at radius 3 is 1.91 bits per heavy atom. The SMILES string of the molecule is CCCC(N)(C1CC1)C1CC1. The quantitative estimate of drug-likeness (QED) is 0.659. The van der Waals surface area contributed by atoms with E-state index in [1.54, 1.807) is 0 Å². The number of rotatable bonds is 4. The molecule has 0 aromatic carbocycles. The van der Waals surface area contributed by atoms with Gasteiger partial charge in [0, 0.05) is 5.54 Å². The maximum Gasteiger partial charge on any atom is 0.0211 e. The van der Waals surface area contributed by atoms with Crippen LogP contribution in [-0.2, 0) is 0 Å². The van der Waals surface area contributed by atoms with E-state index in [1.165, 1.54) is 38.5 Å². The van der Waals surface area contributed by atoms with Crippen LogP contribution in [0.5, 0.6) is 0 Å². The van der Waals surface area contributed by atoms with Crippen molar-refractivity contribution in [1.82, 2.24) is 0 Å². The highest BCUT2D eigenvalue weighted by molar-refractivity contribution is 5.06. The monoisotopic (exact) mass is 153 g/mol. The van der Waals surface area contributed by atoms with Gasteiger partial charge in [-0.3, -0.25) is 0 Å². The lowest BCUT2D eigenvalue weighted by molar-refractivity contribution is 0.295. The van der Waals surface area contributed by atoms with Crippen molar-refractivity contribution in [1.29, 1.82) is 0 Å². The molecule has 0 spiro atoms. The van der Waals surface area contributed by atoms with E-state index in [0.717, 1.165) is 11.8 Å². The van der Waals surface area contributed by atoms with Crippen LogP contribution in [0, 0.1) is 11.8 Å². The lowest BCUT2D eigenvalue weighted by atomic mass is 9.84. The minimum atomic E-state index is 0.273. The second-order valence-corrected chi connectivity index (χ2v) is 4.41. The van der Waals surface area contributed by atoms with Crippen LogP contribution in [0.2, 0.25) is 0 Å². The Balaban J connectivity index is 1.98. The summed E-state index contributed by atoms with van der Waals surface area (Å²) in [5.74, 6) is 1.80. The summed E-state index contributed by atoms with van der Waals surface area (Å²) < 4.78 is 0. The van der Waals surface area contributed by atoms with Gasteiger partial charge in [-0.05, 0) is 43.9 Å². The van der Waals surface area contributed by atoms with Gasteiger partial charge in [-0.25, -0.2) is 0 Å². The Labute approximate surface area is 69.4 Å². The van der Waals surface area contributed by atoms with Crippen molar-refractivity contribution in [3.8, 4) is 0 Å². The zero-order chi connectivity index (χ0) is 7.90. The van der Waals surface area contributed by atoms with Crippen LogP contribution in [0.15, 0.2) is 0 Å². The van der Waals surface area contributed by atoms with Gasteiger partial charge in [0.1, 0.15) is 0 Å². The molecule has 64 valence electrons. The third-order valence-corrected chi connectivity index (χ3v) is 3.36. The Hall–Kier alpha value is -0.0400. The lowest BCUT2D eigenvalue weighted by Crippen LogP contribution is -2.44. The molecule has 11 heavy (non-hydrogen) atoms. The summed E-state index contributed by atoms with van der Waals surface area (Å²) in [7, 11) is 0. The number of nitrogens with two attached hydrogens (primary N) is 1. The molecule has 0 heterocycles. The Morgan fingerprint density at radius 1 is 1.18 bits per heavy atom. The summed E-state index contributed by atoms with van der Waals surface area (Å²) in [5, 5.41) is 0. The van der Waals surface area contributed by atoms with Crippen molar-refractivity contribution in [3.63, 3.8) is 0 Å². The van der Waals surface area contributed by atoms with E-state index in [0.29, 0.717) is 0 Å². The first-order valence-corrected chi connectivity index (χ1v) is 5.06. The smallest absolute Gasteiger partial charge is 0.0211 e. The van der Waals surface area contributed by atoms with Gasteiger partial charge in [-0.15, -0.1) is 0 Å². The number of hydrogen-bond acceptors (Lipinski definition) is 1.